The maximum atomic E-state index is 3.60. The van der Waals surface area contributed by atoms with Crippen LogP contribution < -0.4 is 10.2 Å². The van der Waals surface area contributed by atoms with Crippen LogP contribution in [0.1, 0.15) is 51.0 Å². The van der Waals surface area contributed by atoms with Crippen molar-refractivity contribution < 1.29 is 0 Å². The van der Waals surface area contributed by atoms with Crippen LogP contribution in [0.25, 0.3) is 0 Å². The third-order valence-corrected chi connectivity index (χ3v) is 4.22. The highest BCUT2D eigenvalue weighted by Crippen LogP contribution is 2.25. The summed E-state index contributed by atoms with van der Waals surface area (Å²) in [5.41, 5.74) is 2.99. The molecule has 2 heteroatoms. The molecular formula is C18H30N2. The summed E-state index contributed by atoms with van der Waals surface area (Å²) in [5.74, 6) is 0. The molecule has 1 aliphatic heterocycles. The molecule has 1 heterocycles. The fourth-order valence-corrected chi connectivity index (χ4v) is 3.04. The highest BCUT2D eigenvalue weighted by atomic mass is 15.1. The molecule has 0 amide bonds. The molecule has 1 aliphatic rings. The lowest BCUT2D eigenvalue weighted by Gasteiger charge is -2.31. The van der Waals surface area contributed by atoms with Crippen LogP contribution in [0.3, 0.4) is 0 Å². The minimum absolute atomic E-state index is 1.11. The number of hydrogen-bond acceptors (Lipinski definition) is 2. The molecule has 1 aromatic rings. The van der Waals surface area contributed by atoms with Crippen LogP contribution in [0.4, 0.5) is 5.69 Å². The standard InChI is InChI=1S/C18H30N2/c1-2-3-4-5-8-13-19-14-16-20-15-9-11-17-10-6-7-12-18(17)20/h6-7,10,12,19H,2-5,8-9,11,13-16H2,1H3. The third kappa shape index (κ3) is 4.82. The Hall–Kier alpha value is -1.02. The number of fused-ring (bicyclic) bond motifs is 1. The van der Waals surface area contributed by atoms with Gasteiger partial charge in [-0.2, -0.15) is 0 Å². The molecule has 0 radical (unpaired) electrons. The van der Waals surface area contributed by atoms with E-state index in [-0.39, 0.29) is 0 Å². The van der Waals surface area contributed by atoms with Gasteiger partial charge in [-0.1, -0.05) is 50.8 Å². The summed E-state index contributed by atoms with van der Waals surface area (Å²) in [7, 11) is 0. The van der Waals surface area contributed by atoms with Crippen LogP contribution in [0.2, 0.25) is 0 Å². The van der Waals surface area contributed by atoms with Gasteiger partial charge in [-0.05, 0) is 37.4 Å². The lowest BCUT2D eigenvalue weighted by molar-refractivity contribution is 0.574. The molecule has 0 saturated carbocycles. The monoisotopic (exact) mass is 274 g/mol. The van der Waals surface area contributed by atoms with Crippen molar-refractivity contribution in [3.63, 3.8) is 0 Å². The first-order valence-electron chi connectivity index (χ1n) is 8.45. The van der Waals surface area contributed by atoms with Gasteiger partial charge in [-0.25, -0.2) is 0 Å². The molecule has 0 bridgehead atoms. The highest BCUT2D eigenvalue weighted by Gasteiger charge is 2.14. The van der Waals surface area contributed by atoms with Crippen LogP contribution in [0, 0.1) is 0 Å². The first-order chi connectivity index (χ1) is 9.92. The van der Waals surface area contributed by atoms with E-state index >= 15 is 0 Å². The van der Waals surface area contributed by atoms with Crippen molar-refractivity contribution in [2.24, 2.45) is 0 Å². The quantitative estimate of drug-likeness (QED) is 0.685. The van der Waals surface area contributed by atoms with E-state index in [9.17, 15) is 0 Å². The normalized spacial score (nSPS) is 14.3. The van der Waals surface area contributed by atoms with Crippen LogP contribution in [0.5, 0.6) is 0 Å². The largest absolute Gasteiger partial charge is 0.370 e. The van der Waals surface area contributed by atoms with E-state index in [1.807, 2.05) is 0 Å². The number of rotatable bonds is 9. The van der Waals surface area contributed by atoms with Gasteiger partial charge in [0.2, 0.25) is 0 Å². The highest BCUT2D eigenvalue weighted by molar-refractivity contribution is 5.55. The second kappa shape index (κ2) is 9.02. The molecule has 0 saturated heterocycles. The number of nitrogens with one attached hydrogen (secondary N) is 1. The van der Waals surface area contributed by atoms with E-state index in [1.165, 1.54) is 69.3 Å². The zero-order valence-corrected chi connectivity index (χ0v) is 13.0. The molecule has 0 atom stereocenters. The zero-order valence-electron chi connectivity index (χ0n) is 13.0. The number of hydrogen-bond donors (Lipinski definition) is 1. The Morgan fingerprint density at radius 1 is 1.05 bits per heavy atom. The predicted octanol–water partition coefficient (Wildman–Crippen LogP) is 4.00. The Morgan fingerprint density at radius 2 is 1.90 bits per heavy atom. The molecule has 0 spiro atoms. The van der Waals surface area contributed by atoms with E-state index in [0.717, 1.165) is 13.1 Å². The molecule has 0 fully saturated rings. The Balaban J connectivity index is 1.61. The first-order valence-corrected chi connectivity index (χ1v) is 8.45. The molecule has 0 aliphatic carbocycles. The number of unbranched alkanes of at least 4 members (excludes halogenated alkanes) is 4. The Labute approximate surface area is 124 Å². The molecular weight excluding hydrogens is 244 g/mol. The molecule has 2 nitrogen and oxygen atoms in total. The fraction of sp³-hybridized carbons (Fsp3) is 0.667. The third-order valence-electron chi connectivity index (χ3n) is 4.22. The van der Waals surface area contributed by atoms with E-state index in [0.29, 0.717) is 0 Å². The van der Waals surface area contributed by atoms with Crippen molar-refractivity contribution in [2.45, 2.75) is 51.9 Å². The van der Waals surface area contributed by atoms with Crippen LogP contribution in [0.15, 0.2) is 24.3 Å². The minimum Gasteiger partial charge on any atom is -0.370 e. The van der Waals surface area contributed by atoms with Gasteiger partial charge in [0.05, 0.1) is 0 Å². The fourth-order valence-electron chi connectivity index (χ4n) is 3.04. The van der Waals surface area contributed by atoms with Gasteiger partial charge in [0.15, 0.2) is 0 Å². The van der Waals surface area contributed by atoms with Crippen LogP contribution in [-0.4, -0.2) is 26.2 Å². The van der Waals surface area contributed by atoms with Gasteiger partial charge >= 0.3 is 0 Å². The first kappa shape index (κ1) is 15.4. The lowest BCUT2D eigenvalue weighted by Crippen LogP contribution is -2.35. The Morgan fingerprint density at radius 3 is 2.80 bits per heavy atom. The number of aryl methyl sites for hydroxylation is 1. The van der Waals surface area contributed by atoms with Gasteiger partial charge < -0.3 is 10.2 Å². The molecule has 1 N–H and O–H groups in total. The van der Waals surface area contributed by atoms with Crippen molar-refractivity contribution in [3.05, 3.63) is 29.8 Å². The molecule has 1 aromatic carbocycles. The molecule has 20 heavy (non-hydrogen) atoms. The number of nitrogens with zero attached hydrogens (tertiary/aromatic N) is 1. The maximum absolute atomic E-state index is 3.60. The Kier molecular flexibility index (Phi) is 6.93. The summed E-state index contributed by atoms with van der Waals surface area (Å²) in [4.78, 5) is 2.54. The number of benzene rings is 1. The van der Waals surface area contributed by atoms with Gasteiger partial charge in [-0.15, -0.1) is 0 Å². The number of anilines is 1. The van der Waals surface area contributed by atoms with Gasteiger partial charge in [-0.3, -0.25) is 0 Å². The summed E-state index contributed by atoms with van der Waals surface area (Å²) in [5, 5.41) is 3.60. The molecule has 112 valence electrons. The lowest BCUT2D eigenvalue weighted by atomic mass is 10.0. The van der Waals surface area contributed by atoms with Crippen molar-refractivity contribution in [2.75, 3.05) is 31.1 Å². The summed E-state index contributed by atoms with van der Waals surface area (Å²) >= 11 is 0. The zero-order chi connectivity index (χ0) is 14.0. The Bertz CT molecular complexity index is 375. The summed E-state index contributed by atoms with van der Waals surface area (Å²) in [6.45, 7) is 6.93. The topological polar surface area (TPSA) is 15.3 Å². The van der Waals surface area contributed by atoms with Crippen molar-refractivity contribution in [1.29, 1.82) is 0 Å². The van der Waals surface area contributed by atoms with Gasteiger partial charge in [0, 0.05) is 25.3 Å². The van der Waals surface area contributed by atoms with E-state index in [2.05, 4.69) is 41.4 Å². The molecule has 0 aromatic heterocycles. The summed E-state index contributed by atoms with van der Waals surface area (Å²) < 4.78 is 0. The van der Waals surface area contributed by atoms with E-state index < -0.39 is 0 Å². The average molecular weight is 274 g/mol. The van der Waals surface area contributed by atoms with Gasteiger partial charge in [0.25, 0.3) is 0 Å². The average Bonchev–Trinajstić information content (AvgIpc) is 2.50. The molecule has 0 unspecified atom stereocenters. The SMILES string of the molecule is CCCCCCCNCCN1CCCc2ccccc21. The van der Waals surface area contributed by atoms with Crippen LogP contribution >= 0.6 is 0 Å². The number of para-hydroxylation sites is 1. The summed E-state index contributed by atoms with van der Waals surface area (Å²) in [6.07, 6.45) is 9.39. The van der Waals surface area contributed by atoms with Crippen molar-refractivity contribution in [1.82, 2.24) is 5.32 Å². The van der Waals surface area contributed by atoms with Crippen molar-refractivity contribution >= 4 is 5.69 Å². The van der Waals surface area contributed by atoms with Gasteiger partial charge in [0.1, 0.15) is 0 Å². The summed E-state index contributed by atoms with van der Waals surface area (Å²) in [6, 6.07) is 8.89. The second-order valence-electron chi connectivity index (χ2n) is 5.88. The minimum atomic E-state index is 1.11. The smallest absolute Gasteiger partial charge is 0.0399 e. The maximum Gasteiger partial charge on any atom is 0.0399 e. The second-order valence-corrected chi connectivity index (χ2v) is 5.88. The van der Waals surface area contributed by atoms with E-state index in [1.54, 1.807) is 0 Å². The van der Waals surface area contributed by atoms with Crippen molar-refractivity contribution in [3.8, 4) is 0 Å². The predicted molar refractivity (Wildman–Crippen MR) is 88.6 cm³/mol. The van der Waals surface area contributed by atoms with Crippen LogP contribution in [-0.2, 0) is 6.42 Å². The molecule has 2 rings (SSSR count). The van der Waals surface area contributed by atoms with E-state index in [4.69, 9.17) is 0 Å².